The van der Waals surface area contributed by atoms with Gasteiger partial charge in [0.25, 0.3) is 0 Å². The summed E-state index contributed by atoms with van der Waals surface area (Å²) in [6, 6.07) is 3.81. The predicted octanol–water partition coefficient (Wildman–Crippen LogP) is 2.39. The largest absolute Gasteiger partial charge is 0.493 e. The number of benzene rings is 1. The lowest BCUT2D eigenvalue weighted by Crippen LogP contribution is -2.13. The van der Waals surface area contributed by atoms with Gasteiger partial charge < -0.3 is 9.47 Å². The maximum atomic E-state index is 12.1. The van der Waals surface area contributed by atoms with Gasteiger partial charge in [-0.05, 0) is 12.1 Å². The lowest BCUT2D eigenvalue weighted by molar-refractivity contribution is -0.0511. The highest BCUT2D eigenvalue weighted by molar-refractivity contribution is 9.10. The molecule has 0 radical (unpaired) electrons. The van der Waals surface area contributed by atoms with Crippen LogP contribution in [0.25, 0.3) is 0 Å². The van der Waals surface area contributed by atoms with Crippen LogP contribution in [0.1, 0.15) is 0 Å². The van der Waals surface area contributed by atoms with Crippen molar-refractivity contribution in [2.45, 2.75) is 6.61 Å². The number of rotatable bonds is 6. The lowest BCUT2D eigenvalue weighted by atomic mass is 10.3. The van der Waals surface area contributed by atoms with E-state index in [-0.39, 0.29) is 21.8 Å². The van der Waals surface area contributed by atoms with E-state index < -0.39 is 16.6 Å². The summed E-state index contributed by atoms with van der Waals surface area (Å²) in [5.41, 5.74) is 0.103. The third-order valence-corrected chi connectivity index (χ3v) is 4.44. The third-order valence-electron chi connectivity index (χ3n) is 1.80. The zero-order valence-corrected chi connectivity index (χ0v) is 11.6. The molecule has 0 spiro atoms. The number of hydrogen-bond donors (Lipinski definition) is 1. The molecule has 1 rings (SSSR count). The first-order valence-electron chi connectivity index (χ1n) is 4.57. The van der Waals surface area contributed by atoms with Crippen molar-refractivity contribution in [3.05, 3.63) is 18.2 Å². The van der Waals surface area contributed by atoms with Crippen molar-refractivity contribution in [3.63, 3.8) is 0 Å². The van der Waals surface area contributed by atoms with E-state index in [1.165, 1.54) is 19.2 Å². The zero-order chi connectivity index (χ0) is 13.8. The van der Waals surface area contributed by atoms with E-state index >= 15 is 0 Å². The fourth-order valence-corrected chi connectivity index (χ4v) is 2.02. The molecule has 0 saturated heterocycles. The van der Waals surface area contributed by atoms with Gasteiger partial charge in [0, 0.05) is 6.07 Å². The van der Waals surface area contributed by atoms with E-state index in [9.17, 15) is 17.2 Å². The van der Waals surface area contributed by atoms with Crippen LogP contribution in [0.5, 0.6) is 11.5 Å². The lowest BCUT2D eigenvalue weighted by Gasteiger charge is -2.12. The number of alkyl halides is 3. The molecule has 102 valence electrons. The SMILES string of the molecule is COc1ccc(NS(=O)(=O)CBr)cc1OC(F)F. The first kappa shape index (κ1) is 15.0. The van der Waals surface area contributed by atoms with Crippen molar-refractivity contribution < 1.29 is 26.7 Å². The van der Waals surface area contributed by atoms with Gasteiger partial charge >= 0.3 is 6.61 Å². The van der Waals surface area contributed by atoms with Crippen LogP contribution < -0.4 is 14.2 Å². The molecule has 0 aliphatic rings. The summed E-state index contributed by atoms with van der Waals surface area (Å²) in [5, 5.41) is 0. The molecule has 1 aromatic carbocycles. The summed E-state index contributed by atoms with van der Waals surface area (Å²) in [7, 11) is -2.27. The number of nitrogens with one attached hydrogen (secondary N) is 1. The van der Waals surface area contributed by atoms with Gasteiger partial charge in [0.2, 0.25) is 10.0 Å². The average Bonchev–Trinajstić information content (AvgIpc) is 2.28. The Morgan fingerprint density at radius 3 is 2.56 bits per heavy atom. The highest BCUT2D eigenvalue weighted by Gasteiger charge is 2.14. The highest BCUT2D eigenvalue weighted by atomic mass is 79.9. The first-order chi connectivity index (χ1) is 8.38. The van der Waals surface area contributed by atoms with E-state index in [1.807, 2.05) is 0 Å². The van der Waals surface area contributed by atoms with Crippen LogP contribution in [0.3, 0.4) is 0 Å². The Kier molecular flexibility index (Phi) is 5.15. The van der Waals surface area contributed by atoms with Gasteiger partial charge in [0.05, 0.1) is 12.8 Å². The highest BCUT2D eigenvalue weighted by Crippen LogP contribution is 2.31. The minimum absolute atomic E-state index is 0.0806. The molecule has 0 atom stereocenters. The Hall–Kier alpha value is -1.09. The van der Waals surface area contributed by atoms with Crippen molar-refractivity contribution in [1.29, 1.82) is 0 Å². The normalized spacial score (nSPS) is 11.4. The van der Waals surface area contributed by atoms with Crippen LogP contribution in [-0.2, 0) is 10.0 Å². The van der Waals surface area contributed by atoms with Gasteiger partial charge in [0.15, 0.2) is 11.5 Å². The second kappa shape index (κ2) is 6.19. The van der Waals surface area contributed by atoms with Crippen molar-refractivity contribution in [3.8, 4) is 11.5 Å². The molecule has 0 heterocycles. The number of sulfonamides is 1. The minimum Gasteiger partial charge on any atom is -0.493 e. The van der Waals surface area contributed by atoms with Crippen LogP contribution >= 0.6 is 15.9 Å². The van der Waals surface area contributed by atoms with E-state index in [0.29, 0.717) is 0 Å². The van der Waals surface area contributed by atoms with Crippen molar-refractivity contribution in [2.24, 2.45) is 0 Å². The van der Waals surface area contributed by atoms with Crippen molar-refractivity contribution in [2.75, 3.05) is 16.5 Å². The maximum Gasteiger partial charge on any atom is 0.387 e. The van der Waals surface area contributed by atoms with Crippen LogP contribution in [-0.4, -0.2) is 26.8 Å². The monoisotopic (exact) mass is 345 g/mol. The minimum atomic E-state index is -3.55. The summed E-state index contributed by atoms with van der Waals surface area (Å²) in [4.78, 5) is 0. The first-order valence-corrected chi connectivity index (χ1v) is 7.34. The Bertz CT molecular complexity index is 509. The van der Waals surface area contributed by atoms with Crippen LogP contribution in [0, 0.1) is 0 Å². The number of hydrogen-bond acceptors (Lipinski definition) is 4. The molecule has 0 bridgehead atoms. The molecule has 1 aromatic rings. The Labute approximate surface area is 111 Å². The van der Waals surface area contributed by atoms with Gasteiger partial charge in [-0.15, -0.1) is 0 Å². The summed E-state index contributed by atoms with van der Waals surface area (Å²) in [6.07, 6.45) is 0. The fraction of sp³-hybridized carbons (Fsp3) is 0.333. The molecule has 18 heavy (non-hydrogen) atoms. The third kappa shape index (κ3) is 4.30. The maximum absolute atomic E-state index is 12.1. The summed E-state index contributed by atoms with van der Waals surface area (Å²) >= 11 is 2.79. The molecule has 1 N–H and O–H groups in total. The van der Waals surface area contributed by atoms with E-state index in [2.05, 4.69) is 25.4 Å². The Morgan fingerprint density at radius 1 is 1.39 bits per heavy atom. The Balaban J connectivity index is 3.03. The molecule has 9 heteroatoms. The molecular formula is C9H10BrF2NO4S. The molecule has 0 fully saturated rings. The molecular weight excluding hydrogens is 336 g/mol. The van der Waals surface area contributed by atoms with E-state index in [4.69, 9.17) is 4.74 Å². The number of halogens is 3. The molecule has 0 saturated carbocycles. The van der Waals surface area contributed by atoms with Gasteiger partial charge in [0.1, 0.15) is 4.66 Å². The van der Waals surface area contributed by atoms with Crippen molar-refractivity contribution in [1.82, 2.24) is 0 Å². The van der Waals surface area contributed by atoms with E-state index in [0.717, 1.165) is 6.07 Å². The molecule has 0 unspecified atom stereocenters. The Morgan fingerprint density at radius 2 is 2.06 bits per heavy atom. The molecule has 5 nitrogen and oxygen atoms in total. The van der Waals surface area contributed by atoms with Crippen LogP contribution in [0.4, 0.5) is 14.5 Å². The van der Waals surface area contributed by atoms with Crippen LogP contribution in [0.2, 0.25) is 0 Å². The van der Waals surface area contributed by atoms with Gasteiger partial charge in [-0.2, -0.15) is 8.78 Å². The molecule has 0 aliphatic heterocycles. The van der Waals surface area contributed by atoms with Gasteiger partial charge in [-0.25, -0.2) is 8.42 Å². The summed E-state index contributed by atoms with van der Waals surface area (Å²) in [6.45, 7) is -3.03. The predicted molar refractivity (Wildman–Crippen MR) is 66.0 cm³/mol. The topological polar surface area (TPSA) is 64.6 Å². The number of anilines is 1. The van der Waals surface area contributed by atoms with Crippen LogP contribution in [0.15, 0.2) is 18.2 Å². The standard InChI is InChI=1S/C9H10BrF2NO4S/c1-16-7-3-2-6(13-18(14,15)5-10)4-8(7)17-9(11)12/h2-4,9,13H,5H2,1H3. The average molecular weight is 346 g/mol. The molecule has 0 aromatic heterocycles. The number of methoxy groups -OCH3 is 1. The van der Waals surface area contributed by atoms with E-state index in [1.54, 1.807) is 0 Å². The second-order valence-electron chi connectivity index (χ2n) is 3.07. The van der Waals surface area contributed by atoms with Crippen molar-refractivity contribution >= 4 is 31.6 Å². The fourth-order valence-electron chi connectivity index (χ4n) is 1.14. The zero-order valence-electron chi connectivity index (χ0n) is 9.19. The van der Waals surface area contributed by atoms with Gasteiger partial charge in [-0.3, -0.25) is 4.72 Å². The summed E-state index contributed by atoms with van der Waals surface area (Å²) in [5.74, 6) is -0.167. The molecule has 0 amide bonds. The number of ether oxygens (including phenoxy) is 2. The quantitative estimate of drug-likeness (QED) is 0.804. The smallest absolute Gasteiger partial charge is 0.387 e. The van der Waals surface area contributed by atoms with Gasteiger partial charge in [-0.1, -0.05) is 15.9 Å². The summed E-state index contributed by atoms with van der Waals surface area (Å²) < 4.78 is 57.8. The molecule has 0 aliphatic carbocycles. The second-order valence-corrected chi connectivity index (χ2v) is 6.10.